The molecule has 0 amide bonds. The van der Waals surface area contributed by atoms with Crippen LogP contribution in [0.3, 0.4) is 0 Å². The third kappa shape index (κ3) is 2.97. The SMILES string of the molecule is CCC(Nc1cccnc1)c1ccc(O)cc1. The van der Waals surface area contributed by atoms with Crippen molar-refractivity contribution >= 4 is 5.69 Å². The van der Waals surface area contributed by atoms with Crippen molar-refractivity contribution in [2.45, 2.75) is 19.4 Å². The van der Waals surface area contributed by atoms with E-state index in [1.807, 2.05) is 30.5 Å². The molecule has 3 nitrogen and oxygen atoms in total. The number of pyridine rings is 1. The number of aromatic nitrogens is 1. The van der Waals surface area contributed by atoms with Crippen LogP contribution in [0.25, 0.3) is 0 Å². The fraction of sp³-hybridized carbons (Fsp3) is 0.214. The van der Waals surface area contributed by atoms with E-state index in [0.717, 1.165) is 17.7 Å². The molecule has 1 atom stereocenters. The largest absolute Gasteiger partial charge is 0.508 e. The molecule has 0 aliphatic heterocycles. The van der Waals surface area contributed by atoms with Crippen LogP contribution >= 0.6 is 0 Å². The fourth-order valence-corrected chi connectivity index (χ4v) is 1.78. The van der Waals surface area contributed by atoms with E-state index in [1.165, 1.54) is 0 Å². The highest BCUT2D eigenvalue weighted by atomic mass is 16.3. The third-order valence-electron chi connectivity index (χ3n) is 2.71. The first-order valence-electron chi connectivity index (χ1n) is 5.75. The van der Waals surface area contributed by atoms with Crippen molar-refractivity contribution in [2.75, 3.05) is 5.32 Å². The second-order valence-electron chi connectivity index (χ2n) is 3.94. The van der Waals surface area contributed by atoms with Crippen LogP contribution in [0.5, 0.6) is 5.75 Å². The molecule has 0 aliphatic rings. The zero-order chi connectivity index (χ0) is 12.1. The first-order chi connectivity index (χ1) is 8.29. The highest BCUT2D eigenvalue weighted by Crippen LogP contribution is 2.23. The number of aromatic hydroxyl groups is 1. The maximum Gasteiger partial charge on any atom is 0.115 e. The third-order valence-corrected chi connectivity index (χ3v) is 2.71. The zero-order valence-electron chi connectivity index (χ0n) is 9.80. The molecule has 2 N–H and O–H groups in total. The van der Waals surface area contributed by atoms with Crippen LogP contribution in [0.1, 0.15) is 24.9 Å². The highest BCUT2D eigenvalue weighted by Gasteiger charge is 2.08. The summed E-state index contributed by atoms with van der Waals surface area (Å²) >= 11 is 0. The molecule has 1 heterocycles. The Morgan fingerprint density at radius 1 is 1.24 bits per heavy atom. The van der Waals surface area contributed by atoms with Crippen molar-refractivity contribution in [3.63, 3.8) is 0 Å². The molecule has 0 radical (unpaired) electrons. The minimum absolute atomic E-state index is 0.236. The molecule has 0 spiro atoms. The lowest BCUT2D eigenvalue weighted by Gasteiger charge is -2.18. The molecule has 3 heteroatoms. The fourth-order valence-electron chi connectivity index (χ4n) is 1.78. The Morgan fingerprint density at radius 2 is 2.00 bits per heavy atom. The molecule has 1 aromatic carbocycles. The molecule has 2 aromatic rings. The molecule has 0 bridgehead atoms. The second kappa shape index (κ2) is 5.34. The van der Waals surface area contributed by atoms with Gasteiger partial charge in [-0.1, -0.05) is 19.1 Å². The number of nitrogens with zero attached hydrogens (tertiary/aromatic N) is 1. The summed E-state index contributed by atoms with van der Waals surface area (Å²) in [5.41, 5.74) is 2.17. The molecule has 2 rings (SSSR count). The predicted octanol–water partition coefficient (Wildman–Crippen LogP) is 3.35. The van der Waals surface area contributed by atoms with Crippen LogP contribution in [-0.2, 0) is 0 Å². The van der Waals surface area contributed by atoms with Gasteiger partial charge < -0.3 is 10.4 Å². The van der Waals surface area contributed by atoms with E-state index < -0.39 is 0 Å². The summed E-state index contributed by atoms with van der Waals surface area (Å²) in [6, 6.07) is 11.4. The molecule has 17 heavy (non-hydrogen) atoms. The van der Waals surface area contributed by atoms with Crippen LogP contribution in [0, 0.1) is 0 Å². The number of hydrogen-bond acceptors (Lipinski definition) is 3. The first kappa shape index (κ1) is 11.5. The van der Waals surface area contributed by atoms with Crippen molar-refractivity contribution in [3.8, 4) is 5.75 Å². The van der Waals surface area contributed by atoms with E-state index >= 15 is 0 Å². The van der Waals surface area contributed by atoms with Crippen molar-refractivity contribution in [1.82, 2.24) is 4.98 Å². The van der Waals surface area contributed by atoms with Crippen molar-refractivity contribution in [1.29, 1.82) is 0 Å². The first-order valence-corrected chi connectivity index (χ1v) is 5.75. The van der Waals surface area contributed by atoms with Gasteiger partial charge in [0.2, 0.25) is 0 Å². The van der Waals surface area contributed by atoms with Crippen molar-refractivity contribution in [3.05, 3.63) is 54.4 Å². The molecule has 0 aliphatic carbocycles. The van der Waals surface area contributed by atoms with Crippen molar-refractivity contribution in [2.24, 2.45) is 0 Å². The number of benzene rings is 1. The number of rotatable bonds is 4. The highest BCUT2D eigenvalue weighted by molar-refractivity contribution is 5.43. The summed E-state index contributed by atoms with van der Waals surface area (Å²) in [7, 11) is 0. The maximum atomic E-state index is 9.27. The van der Waals surface area contributed by atoms with Crippen LogP contribution in [-0.4, -0.2) is 10.1 Å². The Balaban J connectivity index is 2.14. The monoisotopic (exact) mass is 228 g/mol. The van der Waals surface area contributed by atoms with E-state index in [9.17, 15) is 5.11 Å². The number of nitrogens with one attached hydrogen (secondary N) is 1. The minimum atomic E-state index is 0.236. The Morgan fingerprint density at radius 3 is 2.59 bits per heavy atom. The topological polar surface area (TPSA) is 45.2 Å². The van der Waals surface area contributed by atoms with Crippen LogP contribution in [0.15, 0.2) is 48.8 Å². The number of hydrogen-bond donors (Lipinski definition) is 2. The molecule has 0 saturated heterocycles. The Hall–Kier alpha value is -2.03. The molecular weight excluding hydrogens is 212 g/mol. The maximum absolute atomic E-state index is 9.27. The molecular formula is C14H16N2O. The molecule has 88 valence electrons. The zero-order valence-corrected chi connectivity index (χ0v) is 9.80. The smallest absolute Gasteiger partial charge is 0.115 e. The van der Waals surface area contributed by atoms with Gasteiger partial charge in [-0.2, -0.15) is 0 Å². The van der Waals surface area contributed by atoms with Crippen LogP contribution < -0.4 is 5.32 Å². The Bertz CT molecular complexity index is 453. The normalized spacial score (nSPS) is 12.1. The minimum Gasteiger partial charge on any atom is -0.508 e. The standard InChI is InChI=1S/C14H16N2O/c1-2-14(11-5-7-13(17)8-6-11)16-12-4-3-9-15-10-12/h3-10,14,16-17H,2H2,1H3. The lowest BCUT2D eigenvalue weighted by molar-refractivity contribution is 0.475. The summed E-state index contributed by atoms with van der Waals surface area (Å²) in [5, 5.41) is 12.7. The lowest BCUT2D eigenvalue weighted by atomic mass is 10.0. The van der Waals surface area contributed by atoms with Gasteiger partial charge in [-0.05, 0) is 36.2 Å². The van der Waals surface area contributed by atoms with E-state index in [4.69, 9.17) is 0 Å². The number of phenolic OH excluding ortho intramolecular Hbond substituents is 1. The average Bonchev–Trinajstić information content (AvgIpc) is 2.38. The summed E-state index contributed by atoms with van der Waals surface area (Å²) in [6.07, 6.45) is 4.54. The summed E-state index contributed by atoms with van der Waals surface area (Å²) in [6.45, 7) is 2.13. The van der Waals surface area contributed by atoms with Gasteiger partial charge in [0.1, 0.15) is 5.75 Å². The molecule has 1 aromatic heterocycles. The van der Waals surface area contributed by atoms with E-state index in [2.05, 4.69) is 17.2 Å². The quantitative estimate of drug-likeness (QED) is 0.843. The average molecular weight is 228 g/mol. The van der Waals surface area contributed by atoms with Gasteiger partial charge in [-0.3, -0.25) is 4.98 Å². The van der Waals surface area contributed by atoms with Gasteiger partial charge in [0.15, 0.2) is 0 Å². The molecule has 0 saturated carbocycles. The van der Waals surface area contributed by atoms with Gasteiger partial charge in [0, 0.05) is 12.4 Å². The van der Waals surface area contributed by atoms with Gasteiger partial charge in [-0.15, -0.1) is 0 Å². The summed E-state index contributed by atoms with van der Waals surface area (Å²) < 4.78 is 0. The van der Waals surface area contributed by atoms with E-state index in [-0.39, 0.29) is 6.04 Å². The summed E-state index contributed by atoms with van der Waals surface area (Å²) in [5.74, 6) is 0.296. The number of anilines is 1. The van der Waals surface area contributed by atoms with E-state index in [0.29, 0.717) is 5.75 Å². The van der Waals surface area contributed by atoms with Crippen LogP contribution in [0.4, 0.5) is 5.69 Å². The second-order valence-corrected chi connectivity index (χ2v) is 3.94. The lowest BCUT2D eigenvalue weighted by Crippen LogP contribution is -2.09. The van der Waals surface area contributed by atoms with Gasteiger partial charge in [0.25, 0.3) is 0 Å². The Kier molecular flexibility index (Phi) is 3.60. The Labute approximate surface area is 101 Å². The molecule has 1 unspecified atom stereocenters. The number of phenols is 1. The molecule has 0 fully saturated rings. The van der Waals surface area contributed by atoms with E-state index in [1.54, 1.807) is 18.3 Å². The summed E-state index contributed by atoms with van der Waals surface area (Å²) in [4.78, 5) is 4.08. The van der Waals surface area contributed by atoms with Gasteiger partial charge in [0.05, 0.1) is 11.7 Å². The van der Waals surface area contributed by atoms with Gasteiger partial charge >= 0.3 is 0 Å². The predicted molar refractivity (Wildman–Crippen MR) is 69.0 cm³/mol. The van der Waals surface area contributed by atoms with Crippen molar-refractivity contribution < 1.29 is 5.11 Å². The van der Waals surface area contributed by atoms with Crippen LogP contribution in [0.2, 0.25) is 0 Å². The van der Waals surface area contributed by atoms with Gasteiger partial charge in [-0.25, -0.2) is 0 Å².